The molecule has 158 valence electrons. The third-order valence-corrected chi connectivity index (χ3v) is 6.69. The van der Waals surface area contributed by atoms with E-state index < -0.39 is 0 Å². The number of hydrogen-bond acceptors (Lipinski definition) is 3. The Hall–Kier alpha value is -2.04. The molecule has 1 amide bonds. The van der Waals surface area contributed by atoms with Gasteiger partial charge in [0.2, 0.25) is 0 Å². The molecule has 1 fully saturated rings. The SMILES string of the molecule is C[C@H]1C(C(=O)NC2CCCCCC2)=NN(c2ccccc2Cl)[C@H]1c1ccc(Cl)cc1. The van der Waals surface area contributed by atoms with Crippen LogP contribution in [-0.2, 0) is 4.79 Å². The molecule has 0 bridgehead atoms. The highest BCUT2D eigenvalue weighted by Crippen LogP contribution is 2.41. The molecule has 0 spiro atoms. The third-order valence-electron chi connectivity index (χ3n) is 6.12. The van der Waals surface area contributed by atoms with Crippen LogP contribution in [0.4, 0.5) is 5.69 Å². The Balaban J connectivity index is 1.65. The minimum atomic E-state index is -0.128. The van der Waals surface area contributed by atoms with Crippen molar-refractivity contribution in [1.82, 2.24) is 5.32 Å². The fourth-order valence-electron chi connectivity index (χ4n) is 4.50. The monoisotopic (exact) mass is 443 g/mol. The van der Waals surface area contributed by atoms with Gasteiger partial charge in [0.15, 0.2) is 0 Å². The summed E-state index contributed by atoms with van der Waals surface area (Å²) in [6, 6.07) is 15.5. The zero-order valence-electron chi connectivity index (χ0n) is 17.2. The molecule has 0 radical (unpaired) electrons. The number of rotatable bonds is 4. The van der Waals surface area contributed by atoms with E-state index >= 15 is 0 Å². The molecule has 4 nitrogen and oxygen atoms in total. The van der Waals surface area contributed by atoms with Crippen molar-refractivity contribution in [3.63, 3.8) is 0 Å². The van der Waals surface area contributed by atoms with Gasteiger partial charge in [-0.3, -0.25) is 9.80 Å². The first kappa shape index (κ1) is 21.2. The quantitative estimate of drug-likeness (QED) is 0.556. The summed E-state index contributed by atoms with van der Waals surface area (Å²) >= 11 is 12.6. The van der Waals surface area contributed by atoms with E-state index in [2.05, 4.69) is 12.2 Å². The lowest BCUT2D eigenvalue weighted by Gasteiger charge is -2.27. The van der Waals surface area contributed by atoms with Gasteiger partial charge in [-0.15, -0.1) is 0 Å². The summed E-state index contributed by atoms with van der Waals surface area (Å²) in [6.45, 7) is 2.06. The Morgan fingerprint density at radius 1 is 1.00 bits per heavy atom. The number of carbonyl (C=O) groups is 1. The molecule has 0 saturated heterocycles. The fourth-order valence-corrected chi connectivity index (χ4v) is 4.85. The molecule has 2 aromatic carbocycles. The summed E-state index contributed by atoms with van der Waals surface area (Å²) in [5.41, 5.74) is 2.40. The van der Waals surface area contributed by atoms with Gasteiger partial charge in [0.1, 0.15) is 5.71 Å². The van der Waals surface area contributed by atoms with Gasteiger partial charge >= 0.3 is 0 Å². The zero-order chi connectivity index (χ0) is 21.1. The summed E-state index contributed by atoms with van der Waals surface area (Å²) in [4.78, 5) is 13.2. The number of hydrazone groups is 1. The molecule has 1 N–H and O–H groups in total. The molecule has 1 heterocycles. The van der Waals surface area contributed by atoms with Crippen LogP contribution in [0.5, 0.6) is 0 Å². The van der Waals surface area contributed by atoms with Crippen LogP contribution in [0.1, 0.15) is 57.1 Å². The molecule has 0 unspecified atom stereocenters. The number of hydrogen-bond donors (Lipinski definition) is 1. The molecule has 6 heteroatoms. The van der Waals surface area contributed by atoms with Crippen molar-refractivity contribution in [2.45, 2.75) is 57.5 Å². The summed E-state index contributed by atoms with van der Waals surface area (Å²) in [5.74, 6) is -0.156. The van der Waals surface area contributed by atoms with E-state index in [1.807, 2.05) is 53.5 Å². The molecule has 1 aliphatic carbocycles. The number of anilines is 1. The van der Waals surface area contributed by atoms with E-state index in [4.69, 9.17) is 28.3 Å². The summed E-state index contributed by atoms with van der Waals surface area (Å²) in [6.07, 6.45) is 6.94. The van der Waals surface area contributed by atoms with Crippen molar-refractivity contribution in [2.24, 2.45) is 11.0 Å². The van der Waals surface area contributed by atoms with Crippen molar-refractivity contribution in [2.75, 3.05) is 5.01 Å². The first-order valence-corrected chi connectivity index (χ1v) is 11.5. The predicted octanol–water partition coefficient (Wildman–Crippen LogP) is 6.39. The molecule has 2 aliphatic rings. The Labute approximate surface area is 188 Å². The van der Waals surface area contributed by atoms with Crippen LogP contribution in [0.2, 0.25) is 10.0 Å². The molecule has 1 saturated carbocycles. The van der Waals surface area contributed by atoms with Gasteiger partial charge in [-0.05, 0) is 42.7 Å². The topological polar surface area (TPSA) is 44.7 Å². The molecule has 30 heavy (non-hydrogen) atoms. The molecular formula is C24H27Cl2N3O. The van der Waals surface area contributed by atoms with E-state index in [-0.39, 0.29) is 23.9 Å². The van der Waals surface area contributed by atoms with Gasteiger partial charge in [0.05, 0.1) is 16.8 Å². The van der Waals surface area contributed by atoms with Crippen LogP contribution in [0.3, 0.4) is 0 Å². The standard InChI is InChI=1S/C24H27Cl2N3O/c1-16-22(24(30)27-19-8-4-2-3-5-9-19)28-29(21-11-7-6-10-20(21)26)23(16)17-12-14-18(25)15-13-17/h6-7,10-16,19,23H,2-5,8-9H2,1H3,(H,27,30)/t16-,23+/m0/s1. The molecule has 4 rings (SSSR count). The van der Waals surface area contributed by atoms with E-state index in [1.165, 1.54) is 25.7 Å². The van der Waals surface area contributed by atoms with Gasteiger partial charge < -0.3 is 5.32 Å². The van der Waals surface area contributed by atoms with Gasteiger partial charge in [-0.2, -0.15) is 5.10 Å². The van der Waals surface area contributed by atoms with Crippen molar-refractivity contribution in [3.05, 3.63) is 64.1 Å². The number of amides is 1. The van der Waals surface area contributed by atoms with Crippen molar-refractivity contribution in [1.29, 1.82) is 0 Å². The predicted molar refractivity (Wildman–Crippen MR) is 124 cm³/mol. The molecule has 2 aromatic rings. The maximum atomic E-state index is 13.2. The number of nitrogens with zero attached hydrogens (tertiary/aromatic N) is 2. The summed E-state index contributed by atoms with van der Waals surface area (Å²) in [7, 11) is 0. The molecule has 1 aliphatic heterocycles. The molecular weight excluding hydrogens is 417 g/mol. The number of halogens is 2. The fraction of sp³-hybridized carbons (Fsp3) is 0.417. The maximum absolute atomic E-state index is 13.2. The lowest BCUT2D eigenvalue weighted by atomic mass is 9.90. The summed E-state index contributed by atoms with van der Waals surface area (Å²) < 4.78 is 0. The van der Waals surface area contributed by atoms with Gasteiger partial charge in [0, 0.05) is 17.0 Å². The van der Waals surface area contributed by atoms with Crippen molar-refractivity contribution < 1.29 is 4.79 Å². The zero-order valence-corrected chi connectivity index (χ0v) is 18.7. The largest absolute Gasteiger partial charge is 0.348 e. The van der Waals surface area contributed by atoms with Gasteiger partial charge in [-0.25, -0.2) is 0 Å². The van der Waals surface area contributed by atoms with Crippen LogP contribution in [0.25, 0.3) is 0 Å². The number of para-hydroxylation sites is 1. The highest BCUT2D eigenvalue weighted by Gasteiger charge is 2.40. The normalized spacial score (nSPS) is 22.5. The lowest BCUT2D eigenvalue weighted by Crippen LogP contribution is -2.40. The second-order valence-electron chi connectivity index (χ2n) is 8.23. The van der Waals surface area contributed by atoms with E-state index in [1.54, 1.807) is 0 Å². The van der Waals surface area contributed by atoms with E-state index in [0.717, 1.165) is 24.1 Å². The Bertz CT molecular complexity index is 920. The highest BCUT2D eigenvalue weighted by atomic mass is 35.5. The van der Waals surface area contributed by atoms with Crippen molar-refractivity contribution >= 4 is 40.5 Å². The third kappa shape index (κ3) is 4.50. The van der Waals surface area contributed by atoms with Crippen LogP contribution in [0, 0.1) is 5.92 Å². The average molecular weight is 444 g/mol. The van der Waals surface area contributed by atoms with E-state index in [9.17, 15) is 4.79 Å². The lowest BCUT2D eigenvalue weighted by molar-refractivity contribution is -0.115. The smallest absolute Gasteiger partial charge is 0.268 e. The van der Waals surface area contributed by atoms with E-state index in [0.29, 0.717) is 15.8 Å². The van der Waals surface area contributed by atoms with Crippen LogP contribution in [-0.4, -0.2) is 17.7 Å². The minimum Gasteiger partial charge on any atom is -0.348 e. The summed E-state index contributed by atoms with van der Waals surface area (Å²) in [5, 5.41) is 11.2. The minimum absolute atomic E-state index is 0.0667. The Kier molecular flexibility index (Phi) is 6.64. The first-order valence-electron chi connectivity index (χ1n) is 10.7. The molecule has 0 aromatic heterocycles. The second kappa shape index (κ2) is 9.40. The van der Waals surface area contributed by atoms with Crippen LogP contribution >= 0.6 is 23.2 Å². The Morgan fingerprint density at radius 2 is 1.67 bits per heavy atom. The average Bonchev–Trinajstić information content (AvgIpc) is 2.89. The highest BCUT2D eigenvalue weighted by molar-refractivity contribution is 6.41. The number of nitrogens with one attached hydrogen (secondary N) is 1. The number of benzene rings is 2. The van der Waals surface area contributed by atoms with Crippen LogP contribution in [0.15, 0.2) is 53.6 Å². The van der Waals surface area contributed by atoms with Gasteiger partial charge in [-0.1, -0.05) is 80.1 Å². The van der Waals surface area contributed by atoms with Gasteiger partial charge in [0.25, 0.3) is 5.91 Å². The maximum Gasteiger partial charge on any atom is 0.268 e. The van der Waals surface area contributed by atoms with Crippen molar-refractivity contribution in [3.8, 4) is 0 Å². The van der Waals surface area contributed by atoms with Crippen LogP contribution < -0.4 is 10.3 Å². The second-order valence-corrected chi connectivity index (χ2v) is 9.07. The Morgan fingerprint density at radius 3 is 2.33 bits per heavy atom. The first-order chi connectivity index (χ1) is 14.5. The molecule has 2 atom stereocenters. The number of carbonyl (C=O) groups excluding carboxylic acids is 1.